The molecule has 5 nitrogen and oxygen atoms in total. The number of hydrogen-bond acceptors (Lipinski definition) is 4. The molecule has 2 N–H and O–H groups in total. The highest BCUT2D eigenvalue weighted by Crippen LogP contribution is 2.24. The van der Waals surface area contributed by atoms with Gasteiger partial charge in [0.15, 0.2) is 0 Å². The van der Waals surface area contributed by atoms with Gasteiger partial charge < -0.3 is 5.32 Å². The fraction of sp³-hybridized carbons (Fsp3) is 0.0833. The van der Waals surface area contributed by atoms with E-state index >= 15 is 0 Å². The first kappa shape index (κ1) is 14.9. The molecule has 0 bridgehead atoms. The van der Waals surface area contributed by atoms with Crippen LogP contribution in [-0.2, 0) is 10.0 Å². The van der Waals surface area contributed by atoms with Gasteiger partial charge in [-0.2, -0.15) is 0 Å². The molecule has 0 aliphatic carbocycles. The Morgan fingerprint density at radius 1 is 1.05 bits per heavy atom. The molecule has 2 aromatic rings. The van der Waals surface area contributed by atoms with Crippen LogP contribution in [0.4, 0.5) is 17.2 Å². The van der Waals surface area contributed by atoms with Crippen molar-refractivity contribution in [2.45, 2.75) is 0 Å². The third-order valence-electron chi connectivity index (χ3n) is 2.20. The van der Waals surface area contributed by atoms with Crippen molar-refractivity contribution in [3.05, 3.63) is 46.6 Å². The SMILES string of the molecule is CS(=O)(=O)Nc1ccc(Nc2cc(Cl)cc(Cl)c2)nc1. The zero-order valence-corrected chi connectivity index (χ0v) is 12.7. The highest BCUT2D eigenvalue weighted by molar-refractivity contribution is 7.92. The molecule has 0 aliphatic heterocycles. The summed E-state index contributed by atoms with van der Waals surface area (Å²) in [5.74, 6) is 0.544. The Morgan fingerprint density at radius 2 is 1.70 bits per heavy atom. The van der Waals surface area contributed by atoms with Crippen molar-refractivity contribution in [3.8, 4) is 0 Å². The Hall–Kier alpha value is -1.50. The highest BCUT2D eigenvalue weighted by atomic mass is 35.5. The Kier molecular flexibility index (Phi) is 4.37. The monoisotopic (exact) mass is 331 g/mol. The second-order valence-corrected chi connectivity index (χ2v) is 6.71. The predicted octanol–water partition coefficient (Wildman–Crippen LogP) is 3.50. The van der Waals surface area contributed by atoms with Gasteiger partial charge in [0, 0.05) is 15.7 Å². The van der Waals surface area contributed by atoms with Gasteiger partial charge in [-0.1, -0.05) is 23.2 Å². The summed E-state index contributed by atoms with van der Waals surface area (Å²) in [6, 6.07) is 8.28. The predicted molar refractivity (Wildman–Crippen MR) is 82.4 cm³/mol. The zero-order chi connectivity index (χ0) is 14.8. The molecule has 20 heavy (non-hydrogen) atoms. The van der Waals surface area contributed by atoms with Crippen LogP contribution in [0.2, 0.25) is 10.0 Å². The van der Waals surface area contributed by atoms with Gasteiger partial charge in [0.05, 0.1) is 18.1 Å². The summed E-state index contributed by atoms with van der Waals surface area (Å²) >= 11 is 11.8. The van der Waals surface area contributed by atoms with E-state index in [1.807, 2.05) is 0 Å². The normalized spacial score (nSPS) is 11.2. The quantitative estimate of drug-likeness (QED) is 0.899. The minimum absolute atomic E-state index is 0.391. The van der Waals surface area contributed by atoms with E-state index in [0.29, 0.717) is 27.2 Å². The second kappa shape index (κ2) is 5.87. The van der Waals surface area contributed by atoms with Crippen molar-refractivity contribution in [2.24, 2.45) is 0 Å². The number of rotatable bonds is 4. The first-order chi connectivity index (χ1) is 9.32. The molecule has 1 heterocycles. The molecule has 106 valence electrons. The van der Waals surface area contributed by atoms with E-state index in [1.54, 1.807) is 30.3 Å². The van der Waals surface area contributed by atoms with Gasteiger partial charge in [-0.05, 0) is 30.3 Å². The van der Waals surface area contributed by atoms with Crippen LogP contribution in [-0.4, -0.2) is 19.7 Å². The van der Waals surface area contributed by atoms with E-state index in [9.17, 15) is 8.42 Å². The van der Waals surface area contributed by atoms with E-state index in [-0.39, 0.29) is 0 Å². The van der Waals surface area contributed by atoms with Crippen LogP contribution in [0.3, 0.4) is 0 Å². The molecular formula is C12H11Cl2N3O2S. The van der Waals surface area contributed by atoms with Crippen molar-refractivity contribution in [1.29, 1.82) is 0 Å². The molecular weight excluding hydrogens is 321 g/mol. The van der Waals surface area contributed by atoms with Crippen LogP contribution < -0.4 is 10.0 Å². The van der Waals surface area contributed by atoms with Crippen LogP contribution in [0.1, 0.15) is 0 Å². The Labute approximate surface area is 127 Å². The van der Waals surface area contributed by atoms with E-state index in [0.717, 1.165) is 6.26 Å². The van der Waals surface area contributed by atoms with Crippen molar-refractivity contribution in [3.63, 3.8) is 0 Å². The lowest BCUT2D eigenvalue weighted by Crippen LogP contribution is -2.09. The van der Waals surface area contributed by atoms with Crippen molar-refractivity contribution >= 4 is 50.4 Å². The second-order valence-electron chi connectivity index (χ2n) is 4.09. The number of benzene rings is 1. The largest absolute Gasteiger partial charge is 0.340 e. The topological polar surface area (TPSA) is 71.1 Å². The molecule has 0 spiro atoms. The molecule has 8 heteroatoms. The van der Waals surface area contributed by atoms with Crippen LogP contribution in [0.15, 0.2) is 36.5 Å². The number of hydrogen-bond donors (Lipinski definition) is 2. The molecule has 2 rings (SSSR count). The first-order valence-electron chi connectivity index (χ1n) is 5.49. The summed E-state index contributed by atoms with van der Waals surface area (Å²) in [6.45, 7) is 0. The van der Waals surface area contributed by atoms with E-state index < -0.39 is 10.0 Å². The molecule has 0 saturated carbocycles. The lowest BCUT2D eigenvalue weighted by Gasteiger charge is -2.08. The summed E-state index contributed by atoms with van der Waals surface area (Å²) in [7, 11) is -3.31. The summed E-state index contributed by atoms with van der Waals surface area (Å²) in [5.41, 5.74) is 1.08. The maximum atomic E-state index is 11.1. The lowest BCUT2D eigenvalue weighted by molar-refractivity contribution is 0.607. The van der Waals surface area contributed by atoms with Gasteiger partial charge in [0.1, 0.15) is 5.82 Å². The minimum atomic E-state index is -3.31. The first-order valence-corrected chi connectivity index (χ1v) is 8.13. The molecule has 0 aliphatic rings. The fourth-order valence-electron chi connectivity index (χ4n) is 1.52. The number of halogens is 2. The molecule has 0 amide bonds. The zero-order valence-electron chi connectivity index (χ0n) is 10.4. The number of pyridine rings is 1. The number of nitrogens with zero attached hydrogens (tertiary/aromatic N) is 1. The van der Waals surface area contributed by atoms with E-state index in [2.05, 4.69) is 15.0 Å². The molecule has 0 fully saturated rings. The smallest absolute Gasteiger partial charge is 0.229 e. The van der Waals surface area contributed by atoms with E-state index in [1.165, 1.54) is 6.20 Å². The molecule has 1 aromatic heterocycles. The molecule has 0 unspecified atom stereocenters. The van der Waals surface area contributed by atoms with Crippen molar-refractivity contribution in [1.82, 2.24) is 4.98 Å². The summed E-state index contributed by atoms with van der Waals surface area (Å²) in [5, 5.41) is 4.04. The number of anilines is 3. The summed E-state index contributed by atoms with van der Waals surface area (Å²) in [6.07, 6.45) is 2.49. The average molecular weight is 332 g/mol. The van der Waals surface area contributed by atoms with Crippen LogP contribution in [0, 0.1) is 0 Å². The third-order valence-corrected chi connectivity index (χ3v) is 3.24. The maximum Gasteiger partial charge on any atom is 0.229 e. The van der Waals surface area contributed by atoms with Gasteiger partial charge in [-0.3, -0.25) is 4.72 Å². The Balaban J connectivity index is 2.14. The molecule has 0 atom stereocenters. The van der Waals surface area contributed by atoms with Gasteiger partial charge in [-0.25, -0.2) is 13.4 Å². The summed E-state index contributed by atoms with van der Waals surface area (Å²) in [4.78, 5) is 4.09. The lowest BCUT2D eigenvalue weighted by atomic mass is 10.3. The van der Waals surface area contributed by atoms with Crippen LogP contribution in [0.25, 0.3) is 0 Å². The van der Waals surface area contributed by atoms with Gasteiger partial charge in [0.25, 0.3) is 0 Å². The molecule has 1 aromatic carbocycles. The van der Waals surface area contributed by atoms with Crippen molar-refractivity contribution < 1.29 is 8.42 Å². The third kappa shape index (κ3) is 4.56. The van der Waals surface area contributed by atoms with Gasteiger partial charge in [-0.15, -0.1) is 0 Å². The van der Waals surface area contributed by atoms with Gasteiger partial charge in [0.2, 0.25) is 10.0 Å². The minimum Gasteiger partial charge on any atom is -0.340 e. The van der Waals surface area contributed by atoms with Crippen molar-refractivity contribution in [2.75, 3.05) is 16.3 Å². The highest BCUT2D eigenvalue weighted by Gasteiger charge is 2.03. The number of sulfonamides is 1. The summed E-state index contributed by atoms with van der Waals surface area (Å²) < 4.78 is 24.5. The Bertz CT molecular complexity index is 698. The van der Waals surface area contributed by atoms with Crippen LogP contribution in [0.5, 0.6) is 0 Å². The standard InChI is InChI=1S/C12H11Cl2N3O2S/c1-20(18,19)17-10-2-3-12(15-7-10)16-11-5-8(13)4-9(14)6-11/h2-7,17H,1H3,(H,15,16). The number of nitrogens with one attached hydrogen (secondary N) is 2. The fourth-order valence-corrected chi connectivity index (χ4v) is 2.59. The molecule has 0 saturated heterocycles. The molecule has 0 radical (unpaired) electrons. The Morgan fingerprint density at radius 3 is 2.20 bits per heavy atom. The van der Waals surface area contributed by atoms with Crippen LogP contribution >= 0.6 is 23.2 Å². The average Bonchev–Trinajstić information content (AvgIpc) is 2.28. The van der Waals surface area contributed by atoms with E-state index in [4.69, 9.17) is 23.2 Å². The number of aromatic nitrogens is 1. The van der Waals surface area contributed by atoms with Gasteiger partial charge >= 0.3 is 0 Å². The maximum absolute atomic E-state index is 11.1.